The summed E-state index contributed by atoms with van der Waals surface area (Å²) < 4.78 is 4.97. The Kier molecular flexibility index (Phi) is 4.00. The summed E-state index contributed by atoms with van der Waals surface area (Å²) in [6.07, 6.45) is 0. The zero-order valence-corrected chi connectivity index (χ0v) is 11.6. The highest BCUT2D eigenvalue weighted by atomic mass is 16.5. The number of ether oxygens (including phenoxy) is 1. The van der Waals surface area contributed by atoms with E-state index in [1.54, 1.807) is 0 Å². The van der Waals surface area contributed by atoms with Crippen LogP contribution in [0.4, 0.5) is 0 Å². The molecule has 0 aliphatic heterocycles. The van der Waals surface area contributed by atoms with Gasteiger partial charge in [0.2, 0.25) is 0 Å². The summed E-state index contributed by atoms with van der Waals surface area (Å²) >= 11 is 0. The standard InChI is InChI=1S/C17H18O2/c1-4-19-17(18)15-7-5-14(6-8-15)16-10-12(2)9-13(3)11-16/h5-11H,4H2,1-3H3. The first-order chi connectivity index (χ1) is 9.10. The minimum absolute atomic E-state index is 0.269. The number of aryl methyl sites for hydroxylation is 2. The summed E-state index contributed by atoms with van der Waals surface area (Å²) in [5.41, 5.74) is 5.36. The van der Waals surface area contributed by atoms with Crippen LogP contribution in [-0.2, 0) is 4.74 Å². The van der Waals surface area contributed by atoms with Crippen molar-refractivity contribution < 1.29 is 9.53 Å². The second kappa shape index (κ2) is 5.70. The van der Waals surface area contributed by atoms with Crippen LogP contribution in [0.1, 0.15) is 28.4 Å². The molecule has 0 aliphatic rings. The first-order valence-corrected chi connectivity index (χ1v) is 6.46. The van der Waals surface area contributed by atoms with Gasteiger partial charge in [0.15, 0.2) is 0 Å². The third-order valence-corrected chi connectivity index (χ3v) is 2.95. The Morgan fingerprint density at radius 1 is 0.947 bits per heavy atom. The summed E-state index contributed by atoms with van der Waals surface area (Å²) in [4.78, 5) is 11.6. The highest BCUT2D eigenvalue weighted by Gasteiger charge is 2.06. The quantitative estimate of drug-likeness (QED) is 0.769. The van der Waals surface area contributed by atoms with E-state index in [1.165, 1.54) is 16.7 Å². The van der Waals surface area contributed by atoms with Crippen molar-refractivity contribution in [2.24, 2.45) is 0 Å². The molecular formula is C17H18O2. The van der Waals surface area contributed by atoms with Crippen LogP contribution in [0.2, 0.25) is 0 Å². The third-order valence-electron chi connectivity index (χ3n) is 2.95. The van der Waals surface area contributed by atoms with E-state index in [4.69, 9.17) is 4.74 Å². The van der Waals surface area contributed by atoms with E-state index in [0.29, 0.717) is 12.2 Å². The van der Waals surface area contributed by atoms with Gasteiger partial charge in [0, 0.05) is 0 Å². The lowest BCUT2D eigenvalue weighted by atomic mass is 10.00. The van der Waals surface area contributed by atoms with Crippen molar-refractivity contribution in [3.63, 3.8) is 0 Å². The van der Waals surface area contributed by atoms with Crippen molar-refractivity contribution in [1.29, 1.82) is 0 Å². The topological polar surface area (TPSA) is 26.3 Å². The zero-order chi connectivity index (χ0) is 13.8. The molecule has 0 spiro atoms. The number of hydrogen-bond donors (Lipinski definition) is 0. The Morgan fingerprint density at radius 2 is 1.53 bits per heavy atom. The van der Waals surface area contributed by atoms with Gasteiger partial charge in [0.1, 0.15) is 0 Å². The molecule has 2 rings (SSSR count). The van der Waals surface area contributed by atoms with Crippen molar-refractivity contribution in [2.75, 3.05) is 6.61 Å². The molecule has 0 aliphatic carbocycles. The molecule has 0 atom stereocenters. The van der Waals surface area contributed by atoms with E-state index in [9.17, 15) is 4.79 Å². The maximum atomic E-state index is 11.6. The molecule has 98 valence electrons. The summed E-state index contributed by atoms with van der Waals surface area (Å²) in [6, 6.07) is 14.0. The lowest BCUT2D eigenvalue weighted by Gasteiger charge is -2.06. The van der Waals surface area contributed by atoms with Crippen LogP contribution in [0.3, 0.4) is 0 Å². The monoisotopic (exact) mass is 254 g/mol. The first-order valence-electron chi connectivity index (χ1n) is 6.46. The molecule has 0 bridgehead atoms. The molecule has 0 fully saturated rings. The van der Waals surface area contributed by atoms with E-state index >= 15 is 0 Å². The highest BCUT2D eigenvalue weighted by molar-refractivity contribution is 5.90. The second-order valence-electron chi connectivity index (χ2n) is 4.67. The molecule has 2 nitrogen and oxygen atoms in total. The molecular weight excluding hydrogens is 236 g/mol. The lowest BCUT2D eigenvalue weighted by Crippen LogP contribution is -2.03. The zero-order valence-electron chi connectivity index (χ0n) is 11.6. The lowest BCUT2D eigenvalue weighted by molar-refractivity contribution is 0.0526. The number of benzene rings is 2. The summed E-state index contributed by atoms with van der Waals surface area (Å²) in [7, 11) is 0. The van der Waals surface area contributed by atoms with Crippen LogP contribution >= 0.6 is 0 Å². The highest BCUT2D eigenvalue weighted by Crippen LogP contribution is 2.22. The van der Waals surface area contributed by atoms with Crippen LogP contribution < -0.4 is 0 Å². The predicted molar refractivity (Wildman–Crippen MR) is 77.3 cm³/mol. The Labute approximate surface area is 114 Å². The molecule has 19 heavy (non-hydrogen) atoms. The van der Waals surface area contributed by atoms with Crippen molar-refractivity contribution in [2.45, 2.75) is 20.8 Å². The predicted octanol–water partition coefficient (Wildman–Crippen LogP) is 4.15. The Bertz CT molecular complexity index is 562. The van der Waals surface area contributed by atoms with E-state index in [-0.39, 0.29) is 5.97 Å². The van der Waals surface area contributed by atoms with Crippen molar-refractivity contribution in [3.8, 4) is 11.1 Å². The number of rotatable bonds is 3. The van der Waals surface area contributed by atoms with Gasteiger partial charge in [-0.25, -0.2) is 4.79 Å². The molecule has 0 aromatic heterocycles. The molecule has 0 saturated heterocycles. The molecule has 0 unspecified atom stereocenters. The molecule has 0 saturated carbocycles. The number of esters is 1. The van der Waals surface area contributed by atoms with Crippen molar-refractivity contribution >= 4 is 5.97 Å². The third kappa shape index (κ3) is 3.22. The van der Waals surface area contributed by atoms with Crippen molar-refractivity contribution in [1.82, 2.24) is 0 Å². The van der Waals surface area contributed by atoms with E-state index in [2.05, 4.69) is 32.0 Å². The number of carbonyl (C=O) groups is 1. The molecule has 0 radical (unpaired) electrons. The van der Waals surface area contributed by atoms with Crippen LogP contribution in [0.15, 0.2) is 42.5 Å². The molecule has 0 amide bonds. The summed E-state index contributed by atoms with van der Waals surface area (Å²) in [5.74, 6) is -0.269. The van der Waals surface area contributed by atoms with Crippen LogP contribution in [0.5, 0.6) is 0 Å². The maximum absolute atomic E-state index is 11.6. The second-order valence-corrected chi connectivity index (χ2v) is 4.67. The largest absolute Gasteiger partial charge is 0.462 e. The van der Waals surface area contributed by atoms with Gasteiger partial charge >= 0.3 is 5.97 Å². The van der Waals surface area contributed by atoms with Gasteiger partial charge in [0.05, 0.1) is 12.2 Å². The minimum atomic E-state index is -0.269. The van der Waals surface area contributed by atoms with Crippen molar-refractivity contribution in [3.05, 3.63) is 59.2 Å². The molecule has 0 heterocycles. The molecule has 2 heteroatoms. The maximum Gasteiger partial charge on any atom is 0.338 e. The number of carbonyl (C=O) groups excluding carboxylic acids is 1. The van der Waals surface area contributed by atoms with E-state index in [1.807, 2.05) is 31.2 Å². The average Bonchev–Trinajstić information content (AvgIpc) is 2.38. The van der Waals surface area contributed by atoms with E-state index < -0.39 is 0 Å². The fraction of sp³-hybridized carbons (Fsp3) is 0.235. The molecule has 2 aromatic carbocycles. The Hall–Kier alpha value is -2.09. The van der Waals surface area contributed by atoms with E-state index in [0.717, 1.165) is 5.56 Å². The normalized spacial score (nSPS) is 10.3. The fourth-order valence-corrected chi connectivity index (χ4v) is 2.15. The Balaban J connectivity index is 2.29. The molecule has 0 N–H and O–H groups in total. The van der Waals surface area contributed by atoms with Crippen LogP contribution in [0, 0.1) is 13.8 Å². The first kappa shape index (κ1) is 13.3. The van der Waals surface area contributed by atoms with Crippen LogP contribution in [0.25, 0.3) is 11.1 Å². The SMILES string of the molecule is CCOC(=O)c1ccc(-c2cc(C)cc(C)c2)cc1. The molecule has 2 aromatic rings. The van der Waals surface area contributed by atoms with Crippen LogP contribution in [-0.4, -0.2) is 12.6 Å². The van der Waals surface area contributed by atoms with Gasteiger partial charge in [-0.05, 0) is 44.0 Å². The number of hydrogen-bond acceptors (Lipinski definition) is 2. The smallest absolute Gasteiger partial charge is 0.338 e. The fourth-order valence-electron chi connectivity index (χ4n) is 2.15. The van der Waals surface area contributed by atoms with Gasteiger partial charge in [-0.1, -0.05) is 41.5 Å². The van der Waals surface area contributed by atoms with Gasteiger partial charge in [-0.2, -0.15) is 0 Å². The average molecular weight is 254 g/mol. The van der Waals surface area contributed by atoms with Gasteiger partial charge in [-0.15, -0.1) is 0 Å². The Morgan fingerprint density at radius 3 is 2.05 bits per heavy atom. The minimum Gasteiger partial charge on any atom is -0.462 e. The summed E-state index contributed by atoms with van der Waals surface area (Å²) in [6.45, 7) is 6.38. The van der Waals surface area contributed by atoms with Gasteiger partial charge in [-0.3, -0.25) is 0 Å². The van der Waals surface area contributed by atoms with Gasteiger partial charge < -0.3 is 4.74 Å². The summed E-state index contributed by atoms with van der Waals surface area (Å²) in [5, 5.41) is 0. The van der Waals surface area contributed by atoms with Gasteiger partial charge in [0.25, 0.3) is 0 Å².